The molecule has 0 fully saturated rings. The first kappa shape index (κ1) is 13.9. The molecule has 2 aromatic carbocycles. The maximum absolute atomic E-state index is 5.99. The monoisotopic (exact) mass is 319 g/mol. The van der Waals surface area contributed by atoms with Crippen LogP contribution in [0.3, 0.4) is 0 Å². The van der Waals surface area contributed by atoms with Gasteiger partial charge in [-0.25, -0.2) is 0 Å². The Morgan fingerprint density at radius 2 is 1.86 bits per heavy atom. The second kappa shape index (κ2) is 5.76. The van der Waals surface area contributed by atoms with E-state index in [1.807, 2.05) is 24.3 Å². The van der Waals surface area contributed by atoms with Crippen LogP contribution < -0.4 is 5.73 Å². The molecule has 0 spiro atoms. The highest BCUT2D eigenvalue weighted by Gasteiger charge is 2.11. The second-order valence-corrected chi connectivity index (χ2v) is 5.34. The van der Waals surface area contributed by atoms with Gasteiger partial charge in [-0.15, -0.1) is 0 Å². The van der Waals surface area contributed by atoms with Crippen molar-refractivity contribution in [2.24, 2.45) is 0 Å². The van der Waals surface area contributed by atoms with Gasteiger partial charge >= 0.3 is 0 Å². The van der Waals surface area contributed by atoms with Gasteiger partial charge in [-0.1, -0.05) is 46.6 Å². The van der Waals surface area contributed by atoms with Gasteiger partial charge in [-0.2, -0.15) is 4.98 Å². The lowest BCUT2D eigenvalue weighted by molar-refractivity contribution is 0.386. The molecule has 21 heavy (non-hydrogen) atoms. The van der Waals surface area contributed by atoms with Gasteiger partial charge < -0.3 is 10.3 Å². The summed E-state index contributed by atoms with van der Waals surface area (Å²) in [4.78, 5) is 4.35. The number of halogens is 2. The van der Waals surface area contributed by atoms with Crippen molar-refractivity contribution in [1.29, 1.82) is 0 Å². The largest absolute Gasteiger partial charge is 0.398 e. The molecular formula is C15H11Cl2N3O. The lowest BCUT2D eigenvalue weighted by Gasteiger charge is -2.00. The average Bonchev–Trinajstić information content (AvgIpc) is 2.92. The minimum atomic E-state index is 0.475. The summed E-state index contributed by atoms with van der Waals surface area (Å²) in [6.45, 7) is 0. The number of nitrogen functional groups attached to an aromatic ring is 1. The molecule has 0 amide bonds. The normalized spacial score (nSPS) is 10.8. The van der Waals surface area contributed by atoms with E-state index in [4.69, 9.17) is 33.5 Å². The van der Waals surface area contributed by atoms with E-state index < -0.39 is 0 Å². The molecule has 4 nitrogen and oxygen atoms in total. The minimum Gasteiger partial charge on any atom is -0.398 e. The zero-order chi connectivity index (χ0) is 14.8. The van der Waals surface area contributed by atoms with Crippen LogP contribution in [0.4, 0.5) is 5.69 Å². The number of nitrogens with zero attached hydrogens (tertiary/aromatic N) is 2. The zero-order valence-electron chi connectivity index (χ0n) is 10.9. The van der Waals surface area contributed by atoms with E-state index in [0.29, 0.717) is 33.9 Å². The molecule has 0 atom stereocenters. The number of hydrogen-bond acceptors (Lipinski definition) is 4. The number of nitrogens with two attached hydrogens (primary N) is 1. The Morgan fingerprint density at radius 1 is 1.05 bits per heavy atom. The fraction of sp³-hybridized carbons (Fsp3) is 0.0667. The zero-order valence-corrected chi connectivity index (χ0v) is 12.4. The molecule has 0 radical (unpaired) electrons. The highest BCUT2D eigenvalue weighted by molar-refractivity contribution is 6.42. The minimum absolute atomic E-state index is 0.475. The summed E-state index contributed by atoms with van der Waals surface area (Å²) in [5.74, 6) is 0.967. The summed E-state index contributed by atoms with van der Waals surface area (Å²) in [7, 11) is 0. The predicted molar refractivity (Wildman–Crippen MR) is 83.4 cm³/mol. The summed E-state index contributed by atoms with van der Waals surface area (Å²) in [5.41, 5.74) is 8.20. The number of para-hydroxylation sites is 1. The van der Waals surface area contributed by atoms with Crippen LogP contribution in [-0.2, 0) is 6.42 Å². The number of anilines is 1. The van der Waals surface area contributed by atoms with Gasteiger partial charge in [0, 0.05) is 11.3 Å². The first-order chi connectivity index (χ1) is 10.1. The Hall–Kier alpha value is -2.04. The summed E-state index contributed by atoms with van der Waals surface area (Å²) < 4.78 is 5.26. The van der Waals surface area contributed by atoms with E-state index in [0.717, 1.165) is 11.1 Å². The number of aromatic nitrogens is 2. The molecule has 3 rings (SSSR count). The number of hydrogen-bond donors (Lipinski definition) is 1. The van der Waals surface area contributed by atoms with Crippen molar-refractivity contribution >= 4 is 28.9 Å². The van der Waals surface area contributed by atoms with Crippen molar-refractivity contribution in [3.8, 4) is 11.4 Å². The van der Waals surface area contributed by atoms with Gasteiger partial charge in [0.2, 0.25) is 11.7 Å². The van der Waals surface area contributed by atoms with E-state index in [-0.39, 0.29) is 0 Å². The highest BCUT2D eigenvalue weighted by Crippen LogP contribution is 2.25. The molecule has 2 N–H and O–H groups in total. The molecule has 0 unspecified atom stereocenters. The summed E-state index contributed by atoms with van der Waals surface area (Å²) in [5, 5.41) is 4.98. The van der Waals surface area contributed by atoms with Crippen LogP contribution in [0.2, 0.25) is 10.0 Å². The molecular weight excluding hydrogens is 309 g/mol. The molecule has 0 aliphatic heterocycles. The molecule has 1 heterocycles. The Balaban J connectivity index is 1.85. The van der Waals surface area contributed by atoms with Crippen molar-refractivity contribution in [2.75, 3.05) is 5.73 Å². The third-order valence-corrected chi connectivity index (χ3v) is 3.75. The average molecular weight is 320 g/mol. The molecule has 0 aliphatic rings. The first-order valence-corrected chi connectivity index (χ1v) is 7.00. The van der Waals surface area contributed by atoms with Gasteiger partial charge in [0.05, 0.1) is 16.5 Å². The van der Waals surface area contributed by atoms with Gasteiger partial charge in [0.25, 0.3) is 0 Å². The van der Waals surface area contributed by atoms with Crippen molar-refractivity contribution in [3.05, 3.63) is 64.0 Å². The predicted octanol–water partition coefficient (Wildman–Crippen LogP) is 4.22. The van der Waals surface area contributed by atoms with E-state index >= 15 is 0 Å². The lowest BCUT2D eigenvalue weighted by Crippen LogP contribution is -1.92. The number of benzene rings is 2. The SMILES string of the molecule is Nc1ccccc1-c1noc(Cc2ccc(Cl)c(Cl)c2)n1. The van der Waals surface area contributed by atoms with Gasteiger partial charge in [0.1, 0.15) is 0 Å². The fourth-order valence-electron chi connectivity index (χ4n) is 1.96. The third-order valence-electron chi connectivity index (χ3n) is 3.01. The van der Waals surface area contributed by atoms with Gasteiger partial charge in [0.15, 0.2) is 0 Å². The quantitative estimate of drug-likeness (QED) is 0.734. The summed E-state index contributed by atoms with van der Waals surface area (Å²) >= 11 is 11.9. The Morgan fingerprint density at radius 3 is 2.62 bits per heavy atom. The van der Waals surface area contributed by atoms with Crippen LogP contribution in [-0.4, -0.2) is 10.1 Å². The Bertz CT molecular complexity index is 786. The van der Waals surface area contributed by atoms with E-state index in [9.17, 15) is 0 Å². The molecule has 3 aromatic rings. The van der Waals surface area contributed by atoms with Crippen LogP contribution in [0.15, 0.2) is 47.0 Å². The molecule has 1 aromatic heterocycles. The second-order valence-electron chi connectivity index (χ2n) is 4.52. The van der Waals surface area contributed by atoms with E-state index in [1.54, 1.807) is 18.2 Å². The standard InChI is InChI=1S/C15H11Cl2N3O/c16-11-6-5-9(7-12(11)17)8-14-19-15(20-21-14)10-3-1-2-4-13(10)18/h1-7H,8,18H2. The van der Waals surface area contributed by atoms with Crippen molar-refractivity contribution < 1.29 is 4.52 Å². The van der Waals surface area contributed by atoms with Crippen molar-refractivity contribution in [3.63, 3.8) is 0 Å². The van der Waals surface area contributed by atoms with Crippen molar-refractivity contribution in [1.82, 2.24) is 10.1 Å². The van der Waals surface area contributed by atoms with Gasteiger partial charge in [-0.05, 0) is 29.8 Å². The topological polar surface area (TPSA) is 64.9 Å². The summed E-state index contributed by atoms with van der Waals surface area (Å²) in [6.07, 6.45) is 0.483. The third kappa shape index (κ3) is 3.01. The van der Waals surface area contributed by atoms with Crippen molar-refractivity contribution in [2.45, 2.75) is 6.42 Å². The molecule has 6 heteroatoms. The molecule has 0 bridgehead atoms. The molecule has 0 saturated carbocycles. The van der Waals surface area contributed by atoms with Crippen LogP contribution >= 0.6 is 23.2 Å². The molecule has 106 valence electrons. The first-order valence-electron chi connectivity index (χ1n) is 6.25. The number of rotatable bonds is 3. The van der Waals surface area contributed by atoms with Crippen LogP contribution in [0.5, 0.6) is 0 Å². The van der Waals surface area contributed by atoms with E-state index in [2.05, 4.69) is 10.1 Å². The van der Waals surface area contributed by atoms with Crippen LogP contribution in [0.25, 0.3) is 11.4 Å². The van der Waals surface area contributed by atoms with Gasteiger partial charge in [-0.3, -0.25) is 0 Å². The van der Waals surface area contributed by atoms with Crippen LogP contribution in [0, 0.1) is 0 Å². The van der Waals surface area contributed by atoms with Crippen LogP contribution in [0.1, 0.15) is 11.5 Å². The molecule has 0 saturated heterocycles. The Labute approximate surface area is 131 Å². The maximum atomic E-state index is 5.99. The Kier molecular flexibility index (Phi) is 3.82. The lowest BCUT2D eigenvalue weighted by atomic mass is 10.1. The maximum Gasteiger partial charge on any atom is 0.231 e. The fourth-order valence-corrected chi connectivity index (χ4v) is 2.28. The smallest absolute Gasteiger partial charge is 0.231 e. The molecule has 0 aliphatic carbocycles. The van der Waals surface area contributed by atoms with E-state index in [1.165, 1.54) is 0 Å². The highest BCUT2D eigenvalue weighted by atomic mass is 35.5. The summed E-state index contributed by atoms with van der Waals surface area (Å²) in [6, 6.07) is 12.8.